The van der Waals surface area contributed by atoms with Gasteiger partial charge < -0.3 is 10.1 Å². The minimum absolute atomic E-state index is 0.0988. The maximum Gasteiger partial charge on any atom is 0.387 e. The molecule has 0 amide bonds. The number of hydrogen-bond acceptors (Lipinski definition) is 4. The molecule has 1 unspecified atom stereocenters. The molecule has 20 heavy (non-hydrogen) atoms. The predicted octanol–water partition coefficient (Wildman–Crippen LogP) is 2.91. The molecule has 0 aliphatic carbocycles. The largest absolute Gasteiger partial charge is 0.434 e. The summed E-state index contributed by atoms with van der Waals surface area (Å²) in [6.45, 7) is -0.690. The number of benzene rings is 1. The molecule has 0 aliphatic rings. The molecule has 0 saturated carbocycles. The molecule has 1 atom stereocenters. The Bertz CT molecular complexity index is 550. The first kappa shape index (κ1) is 14.7. The van der Waals surface area contributed by atoms with E-state index in [0.717, 1.165) is 0 Å². The lowest BCUT2D eigenvalue weighted by molar-refractivity contribution is -0.0505. The van der Waals surface area contributed by atoms with Crippen LogP contribution in [0.3, 0.4) is 0 Å². The molecular weight excluding hydrogens is 290 g/mol. The second-order valence-corrected chi connectivity index (χ2v) is 4.54. The standard InChI is InChI=1S/C12H13ClF2N4O/c1-7(11-17-6-18-19-11)16-5-8-4-9(13)2-3-10(8)20-12(14)15/h2-4,6-7,12,16H,5H2,1H3,(H,17,18,19). The van der Waals surface area contributed by atoms with Crippen LogP contribution in [0.4, 0.5) is 8.78 Å². The molecule has 0 bridgehead atoms. The maximum absolute atomic E-state index is 12.3. The first-order valence-corrected chi connectivity index (χ1v) is 6.26. The van der Waals surface area contributed by atoms with E-state index in [0.29, 0.717) is 23.0 Å². The predicted molar refractivity (Wildman–Crippen MR) is 69.7 cm³/mol. The third-order valence-corrected chi connectivity index (χ3v) is 2.92. The van der Waals surface area contributed by atoms with Crippen molar-refractivity contribution in [3.8, 4) is 5.75 Å². The van der Waals surface area contributed by atoms with Crippen molar-refractivity contribution in [2.45, 2.75) is 26.1 Å². The quantitative estimate of drug-likeness (QED) is 0.861. The summed E-state index contributed by atoms with van der Waals surface area (Å²) in [4.78, 5) is 4.01. The fraction of sp³-hybridized carbons (Fsp3) is 0.333. The molecule has 108 valence electrons. The summed E-state index contributed by atoms with van der Waals surface area (Å²) >= 11 is 5.87. The summed E-state index contributed by atoms with van der Waals surface area (Å²) in [5.41, 5.74) is 0.546. The smallest absolute Gasteiger partial charge is 0.387 e. The van der Waals surface area contributed by atoms with Crippen LogP contribution in [0.5, 0.6) is 5.75 Å². The molecule has 2 N–H and O–H groups in total. The molecule has 0 radical (unpaired) electrons. The van der Waals surface area contributed by atoms with Gasteiger partial charge in [-0.05, 0) is 25.1 Å². The minimum atomic E-state index is -2.87. The highest BCUT2D eigenvalue weighted by Gasteiger charge is 2.13. The van der Waals surface area contributed by atoms with Crippen molar-refractivity contribution in [1.82, 2.24) is 20.5 Å². The first-order chi connectivity index (χ1) is 9.56. The van der Waals surface area contributed by atoms with Gasteiger partial charge in [0.1, 0.15) is 17.9 Å². The average Bonchev–Trinajstić information content (AvgIpc) is 2.92. The molecule has 1 heterocycles. The fourth-order valence-electron chi connectivity index (χ4n) is 1.68. The molecule has 0 spiro atoms. The van der Waals surface area contributed by atoms with E-state index in [2.05, 4.69) is 25.2 Å². The van der Waals surface area contributed by atoms with Crippen molar-refractivity contribution in [3.05, 3.63) is 40.9 Å². The normalized spacial score (nSPS) is 12.7. The van der Waals surface area contributed by atoms with Gasteiger partial charge in [0.15, 0.2) is 0 Å². The third-order valence-electron chi connectivity index (χ3n) is 2.68. The number of H-pyrrole nitrogens is 1. The van der Waals surface area contributed by atoms with Crippen LogP contribution in [0.15, 0.2) is 24.5 Å². The van der Waals surface area contributed by atoms with Gasteiger partial charge in [0.2, 0.25) is 0 Å². The van der Waals surface area contributed by atoms with E-state index in [4.69, 9.17) is 11.6 Å². The van der Waals surface area contributed by atoms with Crippen LogP contribution in [-0.2, 0) is 6.54 Å². The van der Waals surface area contributed by atoms with Gasteiger partial charge in [-0.1, -0.05) is 11.6 Å². The summed E-state index contributed by atoms with van der Waals surface area (Å²) in [6.07, 6.45) is 1.40. The van der Waals surface area contributed by atoms with Crippen LogP contribution < -0.4 is 10.1 Å². The lowest BCUT2D eigenvalue weighted by Crippen LogP contribution is -2.20. The molecule has 2 aromatic rings. The Kier molecular flexibility index (Phi) is 4.86. The Morgan fingerprint density at radius 1 is 1.45 bits per heavy atom. The number of alkyl halides is 2. The molecule has 5 nitrogen and oxygen atoms in total. The summed E-state index contributed by atoms with van der Waals surface area (Å²) in [7, 11) is 0. The molecule has 1 aromatic carbocycles. The van der Waals surface area contributed by atoms with Crippen molar-refractivity contribution in [2.75, 3.05) is 0 Å². The minimum Gasteiger partial charge on any atom is -0.434 e. The highest BCUT2D eigenvalue weighted by Crippen LogP contribution is 2.25. The monoisotopic (exact) mass is 302 g/mol. The number of ether oxygens (including phenoxy) is 1. The summed E-state index contributed by atoms with van der Waals surface area (Å²) in [5.74, 6) is 0.755. The van der Waals surface area contributed by atoms with E-state index in [9.17, 15) is 8.78 Å². The highest BCUT2D eigenvalue weighted by atomic mass is 35.5. The van der Waals surface area contributed by atoms with Gasteiger partial charge in [0, 0.05) is 17.1 Å². The van der Waals surface area contributed by atoms with Gasteiger partial charge in [-0.3, -0.25) is 5.10 Å². The Morgan fingerprint density at radius 3 is 2.90 bits per heavy atom. The van der Waals surface area contributed by atoms with Gasteiger partial charge >= 0.3 is 6.61 Å². The Morgan fingerprint density at radius 2 is 2.25 bits per heavy atom. The van der Waals surface area contributed by atoms with E-state index in [-0.39, 0.29) is 11.8 Å². The van der Waals surface area contributed by atoms with E-state index in [1.807, 2.05) is 6.92 Å². The number of nitrogens with one attached hydrogen (secondary N) is 2. The van der Waals surface area contributed by atoms with Crippen LogP contribution in [0.25, 0.3) is 0 Å². The maximum atomic E-state index is 12.3. The SMILES string of the molecule is CC(NCc1cc(Cl)ccc1OC(F)F)c1ncn[nH]1. The van der Waals surface area contributed by atoms with Crippen LogP contribution in [0, 0.1) is 0 Å². The Labute approximate surface area is 119 Å². The second-order valence-electron chi connectivity index (χ2n) is 4.10. The Hall–Kier alpha value is -1.73. The van der Waals surface area contributed by atoms with Gasteiger partial charge in [-0.25, -0.2) is 4.98 Å². The highest BCUT2D eigenvalue weighted by molar-refractivity contribution is 6.30. The molecule has 0 saturated heterocycles. The number of aromatic amines is 1. The first-order valence-electron chi connectivity index (χ1n) is 5.88. The zero-order valence-electron chi connectivity index (χ0n) is 10.6. The molecule has 0 aliphatic heterocycles. The summed E-state index contributed by atoms with van der Waals surface area (Å²) in [6, 6.07) is 4.39. The number of hydrogen-bond donors (Lipinski definition) is 2. The van der Waals surface area contributed by atoms with Crippen molar-refractivity contribution >= 4 is 11.6 Å². The lowest BCUT2D eigenvalue weighted by atomic mass is 10.2. The van der Waals surface area contributed by atoms with Gasteiger partial charge in [0.25, 0.3) is 0 Å². The van der Waals surface area contributed by atoms with E-state index in [1.54, 1.807) is 6.07 Å². The number of rotatable bonds is 6. The molecule has 0 fully saturated rings. The van der Waals surface area contributed by atoms with Crippen LogP contribution in [-0.4, -0.2) is 21.8 Å². The van der Waals surface area contributed by atoms with Gasteiger partial charge in [0.05, 0.1) is 6.04 Å². The van der Waals surface area contributed by atoms with Crippen molar-refractivity contribution in [2.24, 2.45) is 0 Å². The van der Waals surface area contributed by atoms with Crippen LogP contribution in [0.1, 0.15) is 24.4 Å². The summed E-state index contributed by atoms with van der Waals surface area (Å²) < 4.78 is 29.1. The molecule has 1 aromatic heterocycles. The molecule has 8 heteroatoms. The third kappa shape index (κ3) is 3.88. The van der Waals surface area contributed by atoms with Gasteiger partial charge in [-0.15, -0.1) is 0 Å². The molecular formula is C12H13ClF2N4O. The average molecular weight is 303 g/mol. The lowest BCUT2D eigenvalue weighted by Gasteiger charge is -2.14. The zero-order chi connectivity index (χ0) is 14.5. The van der Waals surface area contributed by atoms with E-state index < -0.39 is 6.61 Å². The number of halogens is 3. The summed E-state index contributed by atoms with van der Waals surface area (Å²) in [5, 5.41) is 10.1. The number of aromatic nitrogens is 3. The molecule has 2 rings (SSSR count). The van der Waals surface area contributed by atoms with Crippen LogP contribution in [0.2, 0.25) is 5.02 Å². The van der Waals surface area contributed by atoms with Gasteiger partial charge in [-0.2, -0.15) is 13.9 Å². The second kappa shape index (κ2) is 6.62. The van der Waals surface area contributed by atoms with Crippen molar-refractivity contribution in [3.63, 3.8) is 0 Å². The van der Waals surface area contributed by atoms with Crippen LogP contribution >= 0.6 is 11.6 Å². The van der Waals surface area contributed by atoms with E-state index >= 15 is 0 Å². The van der Waals surface area contributed by atoms with Crippen molar-refractivity contribution < 1.29 is 13.5 Å². The number of nitrogens with zero attached hydrogens (tertiary/aromatic N) is 2. The zero-order valence-corrected chi connectivity index (χ0v) is 11.4. The topological polar surface area (TPSA) is 62.8 Å². The Balaban J connectivity index is 2.06. The van der Waals surface area contributed by atoms with E-state index in [1.165, 1.54) is 18.5 Å². The van der Waals surface area contributed by atoms with Crippen molar-refractivity contribution in [1.29, 1.82) is 0 Å². The fourth-order valence-corrected chi connectivity index (χ4v) is 1.88.